The van der Waals surface area contributed by atoms with Crippen LogP contribution in [0.5, 0.6) is 0 Å². The van der Waals surface area contributed by atoms with Gasteiger partial charge in [0.05, 0.1) is 27.9 Å². The van der Waals surface area contributed by atoms with Crippen LogP contribution >= 0.6 is 11.6 Å². The van der Waals surface area contributed by atoms with E-state index in [2.05, 4.69) is 20.2 Å². The molecule has 11 heteroatoms. The summed E-state index contributed by atoms with van der Waals surface area (Å²) in [5, 5.41) is 7.13. The maximum atomic E-state index is 13.5. The topological polar surface area (TPSA) is 76.8 Å². The van der Waals surface area contributed by atoms with Crippen molar-refractivity contribution in [2.24, 2.45) is 0 Å². The van der Waals surface area contributed by atoms with Crippen LogP contribution in [0.4, 0.5) is 13.2 Å². The Bertz CT molecular complexity index is 1200. The molecule has 0 spiro atoms. The third-order valence-corrected chi connectivity index (χ3v) is 6.47. The van der Waals surface area contributed by atoms with Crippen molar-refractivity contribution in [3.8, 4) is 5.82 Å². The molecule has 1 amide bonds. The zero-order valence-corrected chi connectivity index (χ0v) is 17.7. The van der Waals surface area contributed by atoms with Gasteiger partial charge in [-0.25, -0.2) is 9.97 Å². The molecular weight excluding hydrogens is 445 g/mol. The molecule has 5 rings (SSSR count). The molecule has 7 nitrogen and oxygen atoms in total. The first-order valence-corrected chi connectivity index (χ1v) is 10.5. The average molecular weight is 463 g/mol. The van der Waals surface area contributed by atoms with E-state index < -0.39 is 22.7 Å². The monoisotopic (exact) mass is 462 g/mol. The number of aromatic nitrogens is 5. The van der Waals surface area contributed by atoms with Crippen LogP contribution in [0.2, 0.25) is 5.02 Å². The highest BCUT2D eigenvalue weighted by Gasteiger charge is 2.44. The summed E-state index contributed by atoms with van der Waals surface area (Å²) in [4.78, 5) is 24.4. The zero-order chi connectivity index (χ0) is 22.6. The van der Waals surface area contributed by atoms with Crippen LogP contribution in [0, 0.1) is 6.92 Å². The lowest BCUT2D eigenvalue weighted by molar-refractivity contribution is -0.137. The second-order valence-corrected chi connectivity index (χ2v) is 8.39. The predicted molar refractivity (Wildman–Crippen MR) is 108 cm³/mol. The van der Waals surface area contributed by atoms with E-state index in [0.29, 0.717) is 30.2 Å². The van der Waals surface area contributed by atoms with E-state index in [1.165, 1.54) is 12.1 Å². The summed E-state index contributed by atoms with van der Waals surface area (Å²) >= 11 is 6.07. The normalized spacial score (nSPS) is 20.2. The number of piperidine rings is 1. The molecule has 0 N–H and O–H groups in total. The molecule has 2 bridgehead atoms. The molecular formula is C21H18ClF3N6O. The van der Waals surface area contributed by atoms with Gasteiger partial charge in [-0.1, -0.05) is 17.7 Å². The average Bonchev–Trinajstić information content (AvgIpc) is 3.27. The molecule has 1 saturated heterocycles. The van der Waals surface area contributed by atoms with Crippen molar-refractivity contribution in [2.45, 2.75) is 50.9 Å². The van der Waals surface area contributed by atoms with Crippen molar-refractivity contribution in [3.63, 3.8) is 0 Å². The number of fused-ring (bicyclic) bond motifs is 4. The first-order valence-electron chi connectivity index (χ1n) is 10.2. The minimum Gasteiger partial charge on any atom is -0.327 e. The number of carbonyl (C=O) groups excluding carboxylic acids is 1. The number of aryl methyl sites for hydroxylation is 1. The lowest BCUT2D eigenvalue weighted by atomic mass is 9.82. The fourth-order valence-corrected chi connectivity index (χ4v) is 5.06. The van der Waals surface area contributed by atoms with E-state index in [4.69, 9.17) is 11.6 Å². The molecule has 2 atom stereocenters. The van der Waals surface area contributed by atoms with Crippen LogP contribution in [-0.4, -0.2) is 41.6 Å². The molecule has 166 valence electrons. The smallest absolute Gasteiger partial charge is 0.327 e. The Balaban J connectivity index is 1.60. The van der Waals surface area contributed by atoms with E-state index in [1.807, 2.05) is 0 Å². The van der Waals surface area contributed by atoms with Crippen LogP contribution in [0.3, 0.4) is 0 Å². The third kappa shape index (κ3) is 3.33. The highest BCUT2D eigenvalue weighted by atomic mass is 35.5. The second-order valence-electron chi connectivity index (χ2n) is 8.01. The molecule has 0 saturated carbocycles. The van der Waals surface area contributed by atoms with Gasteiger partial charge in [-0.05, 0) is 44.7 Å². The highest BCUT2D eigenvalue weighted by molar-refractivity contribution is 6.34. The Hall–Kier alpha value is -3.01. The van der Waals surface area contributed by atoms with E-state index in [9.17, 15) is 18.0 Å². The Kier molecular flexibility index (Phi) is 4.92. The number of carbonyl (C=O) groups is 1. The summed E-state index contributed by atoms with van der Waals surface area (Å²) in [6.07, 6.45) is 1.23. The van der Waals surface area contributed by atoms with Gasteiger partial charge >= 0.3 is 6.18 Å². The number of amides is 1. The minimum atomic E-state index is -4.64. The first kappa shape index (κ1) is 20.9. The van der Waals surface area contributed by atoms with Crippen LogP contribution in [0.1, 0.15) is 58.3 Å². The molecule has 32 heavy (non-hydrogen) atoms. The largest absolute Gasteiger partial charge is 0.417 e. The van der Waals surface area contributed by atoms with Gasteiger partial charge in [0.15, 0.2) is 0 Å². The molecule has 4 heterocycles. The van der Waals surface area contributed by atoms with Gasteiger partial charge in [-0.3, -0.25) is 9.36 Å². The number of hydrogen-bond acceptors (Lipinski definition) is 5. The molecule has 3 aromatic rings. The number of alkyl halides is 3. The Labute approximate surface area is 186 Å². The minimum absolute atomic E-state index is 0.147. The van der Waals surface area contributed by atoms with Crippen molar-refractivity contribution in [2.75, 3.05) is 0 Å². The number of benzene rings is 1. The molecule has 2 aliphatic heterocycles. The molecule has 2 aromatic heterocycles. The number of nitrogens with zero attached hydrogens (tertiary/aromatic N) is 6. The van der Waals surface area contributed by atoms with E-state index in [0.717, 1.165) is 24.5 Å². The summed E-state index contributed by atoms with van der Waals surface area (Å²) in [6.45, 7) is 1.76. The van der Waals surface area contributed by atoms with Gasteiger partial charge in [-0.15, -0.1) is 10.2 Å². The zero-order valence-electron chi connectivity index (χ0n) is 17.0. The van der Waals surface area contributed by atoms with Gasteiger partial charge < -0.3 is 4.90 Å². The van der Waals surface area contributed by atoms with Crippen molar-refractivity contribution >= 4 is 17.5 Å². The summed E-state index contributed by atoms with van der Waals surface area (Å²) in [7, 11) is 0. The summed E-state index contributed by atoms with van der Waals surface area (Å²) in [6, 6.07) is 2.88. The van der Waals surface area contributed by atoms with Gasteiger partial charge in [-0.2, -0.15) is 13.2 Å². The lowest BCUT2D eigenvalue weighted by Crippen LogP contribution is -2.50. The Morgan fingerprint density at radius 2 is 1.91 bits per heavy atom. The van der Waals surface area contributed by atoms with Crippen LogP contribution in [-0.2, 0) is 12.6 Å². The van der Waals surface area contributed by atoms with Gasteiger partial charge in [0.25, 0.3) is 5.91 Å². The van der Waals surface area contributed by atoms with Gasteiger partial charge in [0.1, 0.15) is 24.3 Å². The molecule has 2 unspecified atom stereocenters. The van der Waals surface area contributed by atoms with E-state index in [1.54, 1.807) is 29.0 Å². The maximum absolute atomic E-state index is 13.5. The Morgan fingerprint density at radius 3 is 2.62 bits per heavy atom. The van der Waals surface area contributed by atoms with E-state index in [-0.39, 0.29) is 17.6 Å². The van der Waals surface area contributed by atoms with Crippen molar-refractivity contribution in [3.05, 3.63) is 64.1 Å². The predicted octanol–water partition coefficient (Wildman–Crippen LogP) is 4.33. The molecule has 2 aliphatic rings. The Morgan fingerprint density at radius 1 is 1.16 bits per heavy atom. The molecule has 0 radical (unpaired) electrons. The summed E-state index contributed by atoms with van der Waals surface area (Å²) in [5.41, 5.74) is 0.463. The molecule has 1 fully saturated rings. The molecule has 0 aliphatic carbocycles. The SMILES string of the molecule is Cc1nc2c(c(-n3cnnc3)n1)CC1CCCC2N1C(=O)c1cccc(C(F)(F)F)c1Cl. The third-order valence-electron chi connectivity index (χ3n) is 6.06. The highest BCUT2D eigenvalue weighted by Crippen LogP contribution is 2.44. The summed E-state index contributed by atoms with van der Waals surface area (Å²) in [5.74, 6) is 0.683. The summed E-state index contributed by atoms with van der Waals surface area (Å²) < 4.78 is 41.8. The number of rotatable bonds is 2. The van der Waals surface area contributed by atoms with Crippen molar-refractivity contribution in [1.82, 2.24) is 29.6 Å². The van der Waals surface area contributed by atoms with Crippen LogP contribution < -0.4 is 0 Å². The van der Waals surface area contributed by atoms with Gasteiger partial charge in [0, 0.05) is 11.6 Å². The fraction of sp³-hybridized carbons (Fsp3) is 0.381. The number of halogens is 4. The fourth-order valence-electron chi connectivity index (χ4n) is 4.74. The standard InChI is InChI=1S/C21H18ClF3N6O/c1-11-28-18-14(19(29-11)30-9-26-27-10-30)8-12-4-2-7-16(18)31(12)20(32)13-5-3-6-15(17(13)22)21(23,24)25/h3,5-6,9-10,12,16H,2,4,7-8H2,1H3. The van der Waals surface area contributed by atoms with Gasteiger partial charge in [0.2, 0.25) is 0 Å². The number of hydrogen-bond donors (Lipinski definition) is 0. The van der Waals surface area contributed by atoms with Crippen molar-refractivity contribution < 1.29 is 18.0 Å². The van der Waals surface area contributed by atoms with E-state index >= 15 is 0 Å². The molecule has 1 aromatic carbocycles. The second kappa shape index (κ2) is 7.54. The van der Waals surface area contributed by atoms with Crippen LogP contribution in [0.25, 0.3) is 5.82 Å². The maximum Gasteiger partial charge on any atom is 0.417 e. The lowest BCUT2D eigenvalue weighted by Gasteiger charge is -2.46. The van der Waals surface area contributed by atoms with Crippen molar-refractivity contribution in [1.29, 1.82) is 0 Å². The quantitative estimate of drug-likeness (QED) is 0.566. The van der Waals surface area contributed by atoms with Crippen LogP contribution in [0.15, 0.2) is 30.9 Å². The first-order chi connectivity index (χ1) is 15.3.